The summed E-state index contributed by atoms with van der Waals surface area (Å²) >= 11 is 1.59. The fraction of sp³-hybridized carbons (Fsp3) is 0. The molecule has 1 heterocycles. The Balaban J connectivity index is 0.000000250. The molecular formula is C4H3HfS-. The van der Waals surface area contributed by atoms with E-state index < -0.39 is 0 Å². The zero-order valence-electron chi connectivity index (χ0n) is 3.14. The Kier molecular flexibility index (Phi) is 4.11. The number of rotatable bonds is 0. The average molecular weight is 262 g/mol. The molecule has 0 amide bonds. The van der Waals surface area contributed by atoms with Crippen molar-refractivity contribution in [3.63, 3.8) is 0 Å². The summed E-state index contributed by atoms with van der Waals surface area (Å²) in [6.45, 7) is 0. The van der Waals surface area contributed by atoms with Crippen LogP contribution in [0.3, 0.4) is 0 Å². The fourth-order valence-corrected chi connectivity index (χ4v) is 0.589. The Morgan fingerprint density at radius 1 is 1.50 bits per heavy atom. The minimum Gasteiger partial charge on any atom is -0.304 e. The van der Waals surface area contributed by atoms with E-state index in [2.05, 4.69) is 5.38 Å². The molecule has 6 heavy (non-hydrogen) atoms. The number of thiophene rings is 1. The molecule has 0 radical (unpaired) electrons. The summed E-state index contributed by atoms with van der Waals surface area (Å²) in [4.78, 5) is 0. The molecule has 1 aromatic heterocycles. The second kappa shape index (κ2) is 3.75. The van der Waals surface area contributed by atoms with Crippen molar-refractivity contribution < 1.29 is 25.8 Å². The third kappa shape index (κ3) is 1.88. The minimum atomic E-state index is 0. The van der Waals surface area contributed by atoms with Gasteiger partial charge in [0.25, 0.3) is 0 Å². The predicted octanol–water partition coefficient (Wildman–Crippen LogP) is 1.55. The van der Waals surface area contributed by atoms with Crippen molar-refractivity contribution >= 4 is 11.3 Å². The summed E-state index contributed by atoms with van der Waals surface area (Å²) in [5, 5.41) is 4.89. The topological polar surface area (TPSA) is 0 Å². The Labute approximate surface area is 60.0 Å². The molecule has 0 nitrogen and oxygen atoms in total. The van der Waals surface area contributed by atoms with Crippen LogP contribution in [0.5, 0.6) is 0 Å². The van der Waals surface area contributed by atoms with Gasteiger partial charge in [0, 0.05) is 25.8 Å². The zero-order valence-corrected chi connectivity index (χ0v) is 7.55. The van der Waals surface area contributed by atoms with E-state index in [-0.39, 0.29) is 25.8 Å². The van der Waals surface area contributed by atoms with Crippen molar-refractivity contribution in [2.24, 2.45) is 0 Å². The maximum Gasteiger partial charge on any atom is 0 e. The van der Waals surface area contributed by atoms with Crippen molar-refractivity contribution in [3.8, 4) is 0 Å². The van der Waals surface area contributed by atoms with Crippen LogP contribution in [0.1, 0.15) is 0 Å². The van der Waals surface area contributed by atoms with Crippen LogP contribution in [0.25, 0.3) is 0 Å². The van der Waals surface area contributed by atoms with E-state index in [1.54, 1.807) is 11.3 Å². The van der Waals surface area contributed by atoms with Gasteiger partial charge in [0.1, 0.15) is 0 Å². The molecule has 0 aromatic carbocycles. The molecule has 0 aliphatic rings. The maximum atomic E-state index is 2.90. The van der Waals surface area contributed by atoms with Crippen LogP contribution in [0.4, 0.5) is 0 Å². The van der Waals surface area contributed by atoms with E-state index >= 15 is 0 Å². The summed E-state index contributed by atoms with van der Waals surface area (Å²) in [5.74, 6) is 0. The van der Waals surface area contributed by atoms with Gasteiger partial charge in [-0.15, -0.1) is 5.38 Å². The van der Waals surface area contributed by atoms with Gasteiger partial charge < -0.3 is 11.3 Å². The first-order chi connectivity index (χ1) is 2.50. The molecule has 30 valence electrons. The smallest absolute Gasteiger partial charge is 0 e. The fourth-order valence-electron chi connectivity index (χ4n) is 0.196. The molecule has 0 fully saturated rings. The first-order valence-electron chi connectivity index (χ1n) is 1.40. The van der Waals surface area contributed by atoms with Gasteiger partial charge in [0.15, 0.2) is 0 Å². The first kappa shape index (κ1) is 6.57. The van der Waals surface area contributed by atoms with Crippen molar-refractivity contribution in [1.82, 2.24) is 0 Å². The molecule has 0 aliphatic heterocycles. The summed E-state index contributed by atoms with van der Waals surface area (Å²) in [6.07, 6.45) is 0. The quantitative estimate of drug-likeness (QED) is 0.491. The molecule has 0 saturated heterocycles. The molecule has 1 rings (SSSR count). The van der Waals surface area contributed by atoms with Crippen molar-refractivity contribution in [2.75, 3.05) is 0 Å². The Bertz CT molecular complexity index is 64.0. The second-order valence-corrected chi connectivity index (χ2v) is 1.47. The summed E-state index contributed by atoms with van der Waals surface area (Å²) in [5.41, 5.74) is 0. The molecule has 0 saturated carbocycles. The van der Waals surface area contributed by atoms with Gasteiger partial charge in [-0.1, -0.05) is 0 Å². The minimum absolute atomic E-state index is 0. The average Bonchev–Trinajstić information content (AvgIpc) is 1.76. The first-order valence-corrected chi connectivity index (χ1v) is 2.27. The van der Waals surface area contributed by atoms with E-state index in [9.17, 15) is 0 Å². The molecule has 1 aromatic rings. The predicted molar refractivity (Wildman–Crippen MR) is 23.2 cm³/mol. The number of hydrogen-bond donors (Lipinski definition) is 0. The molecule has 0 N–H and O–H groups in total. The summed E-state index contributed by atoms with van der Waals surface area (Å²) in [6, 6.07) is 3.86. The standard InChI is InChI=1S/C4H3S.Hf/c1-2-4-5-3-1;/h1-3H;/q-1;. The van der Waals surface area contributed by atoms with Crippen LogP contribution in [0.15, 0.2) is 17.5 Å². The molecule has 0 unspecified atom stereocenters. The van der Waals surface area contributed by atoms with E-state index in [4.69, 9.17) is 0 Å². The van der Waals surface area contributed by atoms with Gasteiger partial charge in [-0.2, -0.15) is 11.4 Å². The Hall–Kier alpha value is 0.570. The van der Waals surface area contributed by atoms with Crippen molar-refractivity contribution in [1.29, 1.82) is 0 Å². The zero-order chi connectivity index (χ0) is 3.54. The summed E-state index contributed by atoms with van der Waals surface area (Å²) < 4.78 is 0. The third-order valence-corrected chi connectivity index (χ3v) is 0.944. The largest absolute Gasteiger partial charge is 0.304 e. The van der Waals surface area contributed by atoms with Crippen LogP contribution < -0.4 is 0 Å². The van der Waals surface area contributed by atoms with Crippen molar-refractivity contribution in [2.45, 2.75) is 0 Å². The maximum absolute atomic E-state index is 2.90. The SMILES string of the molecule is [Hf].[c-]1cccs1. The molecule has 0 spiro atoms. The monoisotopic (exact) mass is 263 g/mol. The number of hydrogen-bond acceptors (Lipinski definition) is 1. The van der Waals surface area contributed by atoms with Crippen molar-refractivity contribution in [3.05, 3.63) is 22.9 Å². The Morgan fingerprint density at radius 3 is 2.50 bits per heavy atom. The van der Waals surface area contributed by atoms with E-state index in [1.807, 2.05) is 17.5 Å². The van der Waals surface area contributed by atoms with Gasteiger partial charge in [0.2, 0.25) is 0 Å². The molecular weight excluding hydrogens is 259 g/mol. The van der Waals surface area contributed by atoms with Gasteiger partial charge in [-0.05, 0) is 0 Å². The van der Waals surface area contributed by atoms with Gasteiger partial charge in [-0.25, -0.2) is 6.07 Å². The Morgan fingerprint density at radius 2 is 2.33 bits per heavy atom. The van der Waals surface area contributed by atoms with E-state index in [0.29, 0.717) is 0 Å². The molecule has 0 aliphatic carbocycles. The van der Waals surface area contributed by atoms with Crippen LogP contribution in [0, 0.1) is 5.38 Å². The summed E-state index contributed by atoms with van der Waals surface area (Å²) in [7, 11) is 0. The van der Waals surface area contributed by atoms with Gasteiger partial charge in [-0.3, -0.25) is 0 Å². The molecule has 0 bridgehead atoms. The van der Waals surface area contributed by atoms with Crippen LogP contribution in [-0.2, 0) is 25.8 Å². The van der Waals surface area contributed by atoms with Gasteiger partial charge in [0.05, 0.1) is 0 Å². The third-order valence-electron chi connectivity index (χ3n) is 0.379. The molecule has 2 heteroatoms. The van der Waals surface area contributed by atoms with Crippen LogP contribution in [0.2, 0.25) is 0 Å². The van der Waals surface area contributed by atoms with Crippen LogP contribution >= 0.6 is 11.3 Å². The van der Waals surface area contributed by atoms with Gasteiger partial charge >= 0.3 is 0 Å². The van der Waals surface area contributed by atoms with E-state index in [0.717, 1.165) is 0 Å². The second-order valence-electron chi connectivity index (χ2n) is 0.731. The van der Waals surface area contributed by atoms with E-state index in [1.165, 1.54) is 0 Å². The van der Waals surface area contributed by atoms with Crippen LogP contribution in [-0.4, -0.2) is 0 Å². The normalized spacial score (nSPS) is 6.67. The molecule has 0 atom stereocenters.